The maximum absolute atomic E-state index is 11.7. The molecule has 1 unspecified atom stereocenters. The summed E-state index contributed by atoms with van der Waals surface area (Å²) in [4.78, 5) is 0.356. The first-order valence-electron chi connectivity index (χ1n) is 4.47. The van der Waals surface area contributed by atoms with E-state index in [9.17, 15) is 8.42 Å². The summed E-state index contributed by atoms with van der Waals surface area (Å²) in [7, 11) is -3.21. The van der Waals surface area contributed by atoms with Crippen LogP contribution in [0.1, 0.15) is 12.5 Å². The van der Waals surface area contributed by atoms with Crippen molar-refractivity contribution in [2.75, 3.05) is 5.75 Å². The summed E-state index contributed by atoms with van der Waals surface area (Å²) in [5, 5.41) is 0. The second-order valence-corrected chi connectivity index (χ2v) is 5.61. The van der Waals surface area contributed by atoms with Crippen molar-refractivity contribution in [3.63, 3.8) is 0 Å². The monoisotopic (exact) mass is 213 g/mol. The molecule has 0 aliphatic heterocycles. The highest BCUT2D eigenvalue weighted by molar-refractivity contribution is 7.91. The SMILES string of the molecule is Cc1cccc(S(=O)(=O)CC(C)N)c1. The summed E-state index contributed by atoms with van der Waals surface area (Å²) in [6.07, 6.45) is 0. The molecule has 1 aromatic rings. The van der Waals surface area contributed by atoms with Crippen LogP contribution in [-0.2, 0) is 9.84 Å². The molecule has 4 heteroatoms. The Hall–Kier alpha value is -0.870. The molecule has 0 aliphatic rings. The highest BCUT2D eigenvalue weighted by Crippen LogP contribution is 2.13. The Kier molecular flexibility index (Phi) is 3.29. The summed E-state index contributed by atoms with van der Waals surface area (Å²) in [6, 6.07) is 6.54. The van der Waals surface area contributed by atoms with Crippen molar-refractivity contribution in [3.8, 4) is 0 Å². The third-order valence-electron chi connectivity index (χ3n) is 1.83. The van der Waals surface area contributed by atoms with E-state index in [0.717, 1.165) is 5.56 Å². The molecule has 2 N–H and O–H groups in total. The fourth-order valence-electron chi connectivity index (χ4n) is 1.25. The number of hydrogen-bond acceptors (Lipinski definition) is 3. The molecule has 1 aromatic carbocycles. The normalized spacial score (nSPS) is 13.9. The lowest BCUT2D eigenvalue weighted by molar-refractivity contribution is 0.590. The molecule has 0 aliphatic carbocycles. The Labute approximate surface area is 84.9 Å². The van der Waals surface area contributed by atoms with Crippen LogP contribution in [0.2, 0.25) is 0 Å². The quantitative estimate of drug-likeness (QED) is 0.818. The zero-order valence-electron chi connectivity index (χ0n) is 8.40. The van der Waals surface area contributed by atoms with Gasteiger partial charge in [-0.2, -0.15) is 0 Å². The lowest BCUT2D eigenvalue weighted by Gasteiger charge is -2.07. The maximum Gasteiger partial charge on any atom is 0.179 e. The molecule has 0 radical (unpaired) electrons. The predicted molar refractivity (Wildman–Crippen MR) is 56.9 cm³/mol. The molecule has 0 saturated heterocycles. The summed E-state index contributed by atoms with van der Waals surface area (Å²) >= 11 is 0. The van der Waals surface area contributed by atoms with E-state index in [2.05, 4.69) is 0 Å². The minimum absolute atomic E-state index is 0.00352. The van der Waals surface area contributed by atoms with Gasteiger partial charge in [-0.15, -0.1) is 0 Å². The topological polar surface area (TPSA) is 60.2 Å². The van der Waals surface area contributed by atoms with Gasteiger partial charge in [-0.05, 0) is 31.5 Å². The molecule has 0 saturated carbocycles. The predicted octanol–water partition coefficient (Wildman–Crippen LogP) is 1.12. The van der Waals surface area contributed by atoms with Crippen molar-refractivity contribution in [1.29, 1.82) is 0 Å². The first kappa shape index (κ1) is 11.2. The second kappa shape index (κ2) is 4.11. The summed E-state index contributed by atoms with van der Waals surface area (Å²) in [6.45, 7) is 3.55. The van der Waals surface area contributed by atoms with Gasteiger partial charge in [-0.1, -0.05) is 12.1 Å². The molecule has 1 rings (SSSR count). The van der Waals surface area contributed by atoms with E-state index < -0.39 is 9.84 Å². The number of nitrogens with two attached hydrogens (primary N) is 1. The fraction of sp³-hybridized carbons (Fsp3) is 0.400. The van der Waals surface area contributed by atoms with Crippen molar-refractivity contribution >= 4 is 9.84 Å². The van der Waals surface area contributed by atoms with Gasteiger partial charge in [0.15, 0.2) is 9.84 Å². The molecular formula is C10H15NO2S. The molecule has 14 heavy (non-hydrogen) atoms. The van der Waals surface area contributed by atoms with E-state index in [0.29, 0.717) is 4.90 Å². The van der Waals surface area contributed by atoms with E-state index in [1.165, 1.54) is 0 Å². The number of hydrogen-bond donors (Lipinski definition) is 1. The number of rotatable bonds is 3. The fourth-order valence-corrected chi connectivity index (χ4v) is 2.79. The van der Waals surface area contributed by atoms with Gasteiger partial charge >= 0.3 is 0 Å². The largest absolute Gasteiger partial charge is 0.327 e. The first-order chi connectivity index (χ1) is 6.42. The summed E-state index contributed by atoms with van der Waals surface area (Å²) in [5.41, 5.74) is 6.42. The van der Waals surface area contributed by atoms with E-state index >= 15 is 0 Å². The Morgan fingerprint density at radius 1 is 1.43 bits per heavy atom. The first-order valence-corrected chi connectivity index (χ1v) is 6.12. The maximum atomic E-state index is 11.7. The zero-order valence-corrected chi connectivity index (χ0v) is 9.21. The second-order valence-electron chi connectivity index (χ2n) is 3.58. The lowest BCUT2D eigenvalue weighted by Crippen LogP contribution is -2.26. The van der Waals surface area contributed by atoms with E-state index in [1.807, 2.05) is 13.0 Å². The lowest BCUT2D eigenvalue weighted by atomic mass is 10.2. The van der Waals surface area contributed by atoms with Crippen LogP contribution in [0.5, 0.6) is 0 Å². The van der Waals surface area contributed by atoms with E-state index in [4.69, 9.17) is 5.73 Å². The number of aryl methyl sites for hydroxylation is 1. The molecule has 0 amide bonds. The average Bonchev–Trinajstić information content (AvgIpc) is 2.01. The molecule has 0 spiro atoms. The highest BCUT2D eigenvalue weighted by atomic mass is 32.2. The third-order valence-corrected chi connectivity index (χ3v) is 3.77. The molecular weight excluding hydrogens is 198 g/mol. The van der Waals surface area contributed by atoms with Gasteiger partial charge in [0.1, 0.15) is 0 Å². The Morgan fingerprint density at radius 2 is 2.07 bits per heavy atom. The van der Waals surface area contributed by atoms with Gasteiger partial charge in [0.05, 0.1) is 10.6 Å². The molecule has 1 atom stereocenters. The van der Waals surface area contributed by atoms with Gasteiger partial charge in [-0.25, -0.2) is 8.42 Å². The standard InChI is InChI=1S/C10H15NO2S/c1-8-4-3-5-10(6-8)14(12,13)7-9(2)11/h3-6,9H,7,11H2,1-2H3. The van der Waals surface area contributed by atoms with Crippen molar-refractivity contribution < 1.29 is 8.42 Å². The Bertz CT molecular complexity index is 410. The smallest absolute Gasteiger partial charge is 0.179 e. The van der Waals surface area contributed by atoms with Gasteiger partial charge in [0, 0.05) is 6.04 Å². The van der Waals surface area contributed by atoms with Gasteiger partial charge in [-0.3, -0.25) is 0 Å². The van der Waals surface area contributed by atoms with Crippen LogP contribution in [0.25, 0.3) is 0 Å². The molecule has 0 heterocycles. The number of benzene rings is 1. The van der Waals surface area contributed by atoms with Crippen LogP contribution in [0.15, 0.2) is 29.2 Å². The van der Waals surface area contributed by atoms with Crippen molar-refractivity contribution in [1.82, 2.24) is 0 Å². The highest BCUT2D eigenvalue weighted by Gasteiger charge is 2.15. The van der Waals surface area contributed by atoms with E-state index in [1.54, 1.807) is 25.1 Å². The molecule has 0 fully saturated rings. The molecule has 0 bridgehead atoms. The molecule has 78 valence electrons. The zero-order chi connectivity index (χ0) is 10.8. The van der Waals surface area contributed by atoms with Crippen LogP contribution >= 0.6 is 0 Å². The van der Waals surface area contributed by atoms with Gasteiger partial charge < -0.3 is 5.73 Å². The van der Waals surface area contributed by atoms with Crippen molar-refractivity contribution in [3.05, 3.63) is 29.8 Å². The van der Waals surface area contributed by atoms with Crippen molar-refractivity contribution in [2.24, 2.45) is 5.73 Å². The summed E-state index contributed by atoms with van der Waals surface area (Å²) in [5.74, 6) is -0.00352. The number of sulfone groups is 1. The van der Waals surface area contributed by atoms with Crippen LogP contribution in [-0.4, -0.2) is 20.2 Å². The minimum Gasteiger partial charge on any atom is -0.327 e. The van der Waals surface area contributed by atoms with Crippen LogP contribution in [0.4, 0.5) is 0 Å². The minimum atomic E-state index is -3.21. The Balaban J connectivity index is 3.05. The van der Waals surface area contributed by atoms with Crippen LogP contribution in [0.3, 0.4) is 0 Å². The van der Waals surface area contributed by atoms with Crippen LogP contribution < -0.4 is 5.73 Å². The molecule has 0 aromatic heterocycles. The summed E-state index contributed by atoms with van der Waals surface area (Å²) < 4.78 is 23.4. The molecule has 3 nitrogen and oxygen atoms in total. The van der Waals surface area contributed by atoms with E-state index in [-0.39, 0.29) is 11.8 Å². The van der Waals surface area contributed by atoms with Gasteiger partial charge in [0.25, 0.3) is 0 Å². The average molecular weight is 213 g/mol. The third kappa shape index (κ3) is 2.82. The van der Waals surface area contributed by atoms with Crippen molar-refractivity contribution in [2.45, 2.75) is 24.8 Å². The van der Waals surface area contributed by atoms with Crippen LogP contribution in [0, 0.1) is 6.92 Å². The Morgan fingerprint density at radius 3 is 2.57 bits per heavy atom. The van der Waals surface area contributed by atoms with Gasteiger partial charge in [0.2, 0.25) is 0 Å².